The summed E-state index contributed by atoms with van der Waals surface area (Å²) in [6.45, 7) is 6.20. The van der Waals surface area contributed by atoms with Gasteiger partial charge in [0.05, 0.1) is 47.2 Å². The van der Waals surface area contributed by atoms with Gasteiger partial charge in [-0.2, -0.15) is 10.2 Å². The second-order valence-corrected chi connectivity index (χ2v) is 18.1. The van der Waals surface area contributed by atoms with Crippen molar-refractivity contribution in [2.75, 3.05) is 62.8 Å². The number of hydrogen-bond acceptors (Lipinski definition) is 11. The molecule has 3 amide bonds. The fourth-order valence-corrected chi connectivity index (χ4v) is 10.3. The number of anilines is 2. The van der Waals surface area contributed by atoms with Gasteiger partial charge in [-0.15, -0.1) is 0 Å². The first-order chi connectivity index (χ1) is 31.0. The maximum Gasteiger partial charge on any atom is 0.329 e. The van der Waals surface area contributed by atoms with E-state index in [4.69, 9.17) is 14.5 Å². The van der Waals surface area contributed by atoms with E-state index in [-0.39, 0.29) is 59.9 Å². The minimum Gasteiger partial charge on any atom is -0.381 e. The fourth-order valence-electron chi connectivity index (χ4n) is 10.3. The topological polar surface area (TPSA) is 175 Å². The largest absolute Gasteiger partial charge is 0.381 e. The molecule has 1 atom stereocenters. The summed E-state index contributed by atoms with van der Waals surface area (Å²) in [5, 5.41) is 13.6. The van der Waals surface area contributed by atoms with Crippen LogP contribution < -0.4 is 21.2 Å². The summed E-state index contributed by atoms with van der Waals surface area (Å²) in [6.07, 6.45) is 8.64. The Balaban J connectivity index is 0.695. The molecule has 4 aromatic heterocycles. The molecule has 0 radical (unpaired) electrons. The van der Waals surface area contributed by atoms with Crippen LogP contribution in [0.1, 0.15) is 97.9 Å². The first-order valence-corrected chi connectivity index (χ1v) is 22.2. The van der Waals surface area contributed by atoms with E-state index in [0.717, 1.165) is 96.7 Å². The predicted octanol–water partition coefficient (Wildman–Crippen LogP) is 4.24. The van der Waals surface area contributed by atoms with Gasteiger partial charge in [0.15, 0.2) is 11.3 Å². The molecule has 1 saturated carbocycles. The molecule has 19 heteroatoms. The quantitative estimate of drug-likeness (QED) is 0.152. The highest BCUT2D eigenvalue weighted by atomic mass is 19.3. The first kappa shape index (κ1) is 42.0. The van der Waals surface area contributed by atoms with Crippen LogP contribution in [0.3, 0.4) is 0 Å². The fraction of sp³-hybridized carbons (Fsp3) is 0.533. The zero-order valence-corrected chi connectivity index (χ0v) is 35.7. The molecule has 1 spiro atoms. The Morgan fingerprint density at radius 1 is 1.08 bits per heavy atom. The second-order valence-electron chi connectivity index (χ2n) is 18.1. The number of carbonyl (C=O) groups is 3. The van der Waals surface area contributed by atoms with Gasteiger partial charge >= 0.3 is 5.69 Å². The predicted molar refractivity (Wildman–Crippen MR) is 230 cm³/mol. The number of halogens is 2. The smallest absolute Gasteiger partial charge is 0.329 e. The number of nitrogens with one attached hydrogen (secondary N) is 2. The van der Waals surface area contributed by atoms with Gasteiger partial charge in [0.25, 0.3) is 12.3 Å². The monoisotopic (exact) mass is 879 g/mol. The molecule has 64 heavy (non-hydrogen) atoms. The summed E-state index contributed by atoms with van der Waals surface area (Å²) in [4.78, 5) is 60.5. The van der Waals surface area contributed by atoms with Crippen molar-refractivity contribution in [3.8, 4) is 11.8 Å². The van der Waals surface area contributed by atoms with Crippen molar-refractivity contribution in [1.82, 2.24) is 43.7 Å². The number of rotatable bonds is 10. The van der Waals surface area contributed by atoms with E-state index in [1.54, 1.807) is 24.0 Å². The molecule has 2 N–H and O–H groups in total. The summed E-state index contributed by atoms with van der Waals surface area (Å²) < 4.78 is 46.4. The summed E-state index contributed by atoms with van der Waals surface area (Å²) in [5.74, 6) is 6.12. The number of para-hydroxylation sites is 1. The molecule has 1 aromatic carbocycles. The third-order valence-corrected chi connectivity index (χ3v) is 13.9. The average molecular weight is 880 g/mol. The van der Waals surface area contributed by atoms with Crippen LogP contribution in [0.2, 0.25) is 0 Å². The van der Waals surface area contributed by atoms with Crippen LogP contribution in [0.4, 0.5) is 20.3 Å². The third-order valence-electron chi connectivity index (χ3n) is 13.9. The van der Waals surface area contributed by atoms with E-state index in [1.807, 2.05) is 18.2 Å². The summed E-state index contributed by atoms with van der Waals surface area (Å²) in [6, 6.07) is 6.49. The number of aryl methyl sites for hydroxylation is 1. The lowest BCUT2D eigenvalue weighted by Crippen LogP contribution is -2.57. The number of hydrogen-bond donors (Lipinski definition) is 2. The number of imide groups is 1. The van der Waals surface area contributed by atoms with Crippen molar-refractivity contribution >= 4 is 45.9 Å². The lowest BCUT2D eigenvalue weighted by atomic mass is 9.79. The van der Waals surface area contributed by atoms with Gasteiger partial charge in [-0.3, -0.25) is 33.5 Å². The molecule has 8 heterocycles. The number of fused-ring (bicyclic) bond motifs is 2. The lowest BCUT2D eigenvalue weighted by Gasteiger charge is -2.47. The number of imidazole rings is 1. The van der Waals surface area contributed by atoms with E-state index < -0.39 is 30.0 Å². The van der Waals surface area contributed by atoms with Crippen LogP contribution in [0.15, 0.2) is 47.7 Å². The lowest BCUT2D eigenvalue weighted by molar-refractivity contribution is -0.135. The number of piperidine rings is 2. The Labute approximate surface area is 367 Å². The van der Waals surface area contributed by atoms with Gasteiger partial charge in [0, 0.05) is 70.6 Å². The van der Waals surface area contributed by atoms with Crippen LogP contribution in [0.25, 0.3) is 16.7 Å². The maximum atomic E-state index is 14.3. The normalized spacial score (nSPS) is 22.9. The van der Waals surface area contributed by atoms with Crippen molar-refractivity contribution in [3.05, 3.63) is 70.2 Å². The molecular formula is C45H51F2N11O6. The number of amides is 3. The zero-order valence-electron chi connectivity index (χ0n) is 35.7. The van der Waals surface area contributed by atoms with Crippen molar-refractivity contribution in [2.24, 2.45) is 18.4 Å². The first-order valence-electron chi connectivity index (χ1n) is 22.2. The Bertz CT molecular complexity index is 2720. The van der Waals surface area contributed by atoms with Gasteiger partial charge < -0.3 is 24.6 Å². The third kappa shape index (κ3) is 8.07. The average Bonchev–Trinajstić information content (AvgIpc) is 4.09. The number of alkyl halides is 2. The SMILES string of the molecule is Cn1c(=O)n(C2CCC(=O)NC2=O)c2cccc(C#CCOC3CCN(CC4CCC(n5cc(NC(=O)c6cnn7ccc(N8CC9(CCOC9)C8)nc67)c(C(F)F)n5)CC4)CC3)c21. The van der Waals surface area contributed by atoms with E-state index in [1.165, 1.54) is 26.0 Å². The van der Waals surface area contributed by atoms with Crippen molar-refractivity contribution in [1.29, 1.82) is 0 Å². The Kier molecular flexibility index (Phi) is 11.3. The van der Waals surface area contributed by atoms with Gasteiger partial charge in [0.1, 0.15) is 24.0 Å². The minimum atomic E-state index is -2.86. The standard InChI is InChI=1S/C45H51F2N11O6/c1-53-39-29(4-2-6-34(39)58(44(53)62)35-11-12-37(59)51-43(35)61)5-3-20-64-31-13-17-54(18-14-31)23-28-7-9-30(10-8-28)57-24-33(38(52-57)40(46)47)49-42(60)32-22-48-56-19-15-36(50-41(32)56)55-25-45(26-55)16-21-63-27-45/h2,4,6,15,19,22,24,28,30-31,35,40H,7-14,16-18,20-21,23,25-27H2,1H3,(H,49,60)(H,51,59,61). The molecule has 5 aliphatic rings. The van der Waals surface area contributed by atoms with Gasteiger partial charge in [-0.05, 0) is 75.5 Å². The van der Waals surface area contributed by atoms with Gasteiger partial charge in [0.2, 0.25) is 11.8 Å². The number of likely N-dealkylation sites (tertiary alicyclic amines) is 1. The highest BCUT2D eigenvalue weighted by Gasteiger charge is 2.46. The highest BCUT2D eigenvalue weighted by molar-refractivity contribution is 6.08. The summed E-state index contributed by atoms with van der Waals surface area (Å²) in [7, 11) is 1.66. The second kappa shape index (κ2) is 17.2. The number of aromatic nitrogens is 7. The van der Waals surface area contributed by atoms with Gasteiger partial charge in [-0.1, -0.05) is 17.9 Å². The number of nitrogens with zero attached hydrogens (tertiary/aromatic N) is 9. The zero-order chi connectivity index (χ0) is 44.1. The molecule has 5 aromatic rings. The van der Waals surface area contributed by atoms with E-state index >= 15 is 0 Å². The molecule has 4 saturated heterocycles. The van der Waals surface area contributed by atoms with Crippen molar-refractivity contribution in [3.63, 3.8) is 0 Å². The van der Waals surface area contributed by atoms with Gasteiger partial charge in [-0.25, -0.2) is 23.1 Å². The molecule has 5 fully saturated rings. The molecular weight excluding hydrogens is 829 g/mol. The maximum absolute atomic E-state index is 14.3. The number of ether oxygens (including phenoxy) is 2. The molecule has 1 unspecified atom stereocenters. The van der Waals surface area contributed by atoms with Crippen LogP contribution in [0, 0.1) is 23.2 Å². The Morgan fingerprint density at radius 2 is 1.89 bits per heavy atom. The Hall–Kier alpha value is -5.97. The molecule has 336 valence electrons. The minimum absolute atomic E-state index is 0.00865. The van der Waals surface area contributed by atoms with Crippen molar-refractivity contribution in [2.45, 2.75) is 82.4 Å². The van der Waals surface area contributed by atoms with E-state index in [2.05, 4.69) is 42.5 Å². The van der Waals surface area contributed by atoms with Crippen LogP contribution in [-0.4, -0.2) is 115 Å². The highest BCUT2D eigenvalue weighted by Crippen LogP contribution is 2.40. The molecule has 1 aliphatic carbocycles. The van der Waals surface area contributed by atoms with Crippen LogP contribution >= 0.6 is 0 Å². The summed E-state index contributed by atoms with van der Waals surface area (Å²) >= 11 is 0. The van der Waals surface area contributed by atoms with Crippen LogP contribution in [0.5, 0.6) is 0 Å². The number of benzene rings is 1. The van der Waals surface area contributed by atoms with E-state index in [0.29, 0.717) is 28.2 Å². The molecule has 0 bridgehead atoms. The summed E-state index contributed by atoms with van der Waals surface area (Å²) in [5.41, 5.74) is 1.80. The molecule has 4 aliphatic heterocycles. The Morgan fingerprint density at radius 3 is 2.64 bits per heavy atom. The molecule has 10 rings (SSSR count). The molecule has 17 nitrogen and oxygen atoms in total. The van der Waals surface area contributed by atoms with Crippen molar-refractivity contribution < 1.29 is 32.6 Å². The number of carbonyl (C=O) groups excluding carboxylic acids is 3. The van der Waals surface area contributed by atoms with Crippen LogP contribution in [-0.2, 0) is 26.1 Å². The van der Waals surface area contributed by atoms with E-state index in [9.17, 15) is 28.0 Å².